The molecule has 2 heterocycles. The molecule has 0 aromatic carbocycles. The van der Waals surface area contributed by atoms with E-state index < -0.39 is 17.3 Å². The Morgan fingerprint density at radius 3 is 2.81 bits per heavy atom. The van der Waals surface area contributed by atoms with Gasteiger partial charge in [-0.2, -0.15) is 0 Å². The lowest BCUT2D eigenvalue weighted by atomic mass is 10.1. The highest BCUT2D eigenvalue weighted by atomic mass is 32.1. The number of hydrogen-bond donors (Lipinski definition) is 2. The SMILES string of the molecule is CCNc1ncc(F)cc1C(=O)NC(C)(C)c1nccs1. The summed E-state index contributed by atoms with van der Waals surface area (Å²) in [6, 6.07) is 1.18. The van der Waals surface area contributed by atoms with Gasteiger partial charge >= 0.3 is 0 Å². The van der Waals surface area contributed by atoms with Gasteiger partial charge in [-0.05, 0) is 26.8 Å². The summed E-state index contributed by atoms with van der Waals surface area (Å²) >= 11 is 1.45. The maximum Gasteiger partial charge on any atom is 0.255 e. The summed E-state index contributed by atoms with van der Waals surface area (Å²) < 4.78 is 13.4. The summed E-state index contributed by atoms with van der Waals surface area (Å²) in [6.45, 7) is 6.17. The fourth-order valence-electron chi connectivity index (χ4n) is 1.86. The van der Waals surface area contributed by atoms with Crippen LogP contribution in [-0.2, 0) is 5.54 Å². The molecule has 2 N–H and O–H groups in total. The Kier molecular flexibility index (Phi) is 4.52. The second-order valence-corrected chi connectivity index (χ2v) is 5.89. The van der Waals surface area contributed by atoms with Crippen molar-refractivity contribution >= 4 is 23.1 Å². The van der Waals surface area contributed by atoms with Crippen LogP contribution in [0.5, 0.6) is 0 Å². The van der Waals surface area contributed by atoms with E-state index in [1.807, 2.05) is 26.2 Å². The molecule has 0 bridgehead atoms. The number of pyridine rings is 1. The van der Waals surface area contributed by atoms with E-state index in [4.69, 9.17) is 0 Å². The average Bonchev–Trinajstić information content (AvgIpc) is 2.95. The van der Waals surface area contributed by atoms with Crippen LogP contribution in [0.3, 0.4) is 0 Å². The molecule has 0 spiro atoms. The smallest absolute Gasteiger partial charge is 0.255 e. The summed E-state index contributed by atoms with van der Waals surface area (Å²) in [5, 5.41) is 8.44. The molecule has 21 heavy (non-hydrogen) atoms. The lowest BCUT2D eigenvalue weighted by molar-refractivity contribution is 0.0912. The van der Waals surface area contributed by atoms with Crippen molar-refractivity contribution in [2.75, 3.05) is 11.9 Å². The van der Waals surface area contributed by atoms with E-state index in [2.05, 4.69) is 20.6 Å². The first-order valence-corrected chi connectivity index (χ1v) is 7.44. The molecule has 2 aromatic rings. The lowest BCUT2D eigenvalue weighted by Gasteiger charge is -2.24. The van der Waals surface area contributed by atoms with Crippen LogP contribution in [0.25, 0.3) is 0 Å². The van der Waals surface area contributed by atoms with E-state index in [9.17, 15) is 9.18 Å². The zero-order valence-corrected chi connectivity index (χ0v) is 12.9. The van der Waals surface area contributed by atoms with Crippen LogP contribution in [0.1, 0.15) is 36.1 Å². The maximum atomic E-state index is 13.4. The van der Waals surface area contributed by atoms with Crippen LogP contribution in [0.4, 0.5) is 10.2 Å². The molecule has 1 amide bonds. The summed E-state index contributed by atoms with van der Waals surface area (Å²) in [5.74, 6) is -0.571. The molecule has 2 rings (SSSR count). The second-order valence-electron chi connectivity index (χ2n) is 5.00. The van der Waals surface area contributed by atoms with E-state index in [0.29, 0.717) is 12.4 Å². The number of halogens is 1. The molecule has 0 atom stereocenters. The Morgan fingerprint density at radius 1 is 1.43 bits per heavy atom. The minimum Gasteiger partial charge on any atom is -0.370 e. The quantitative estimate of drug-likeness (QED) is 0.891. The minimum absolute atomic E-state index is 0.182. The Hall–Kier alpha value is -2.02. The van der Waals surface area contributed by atoms with Gasteiger partial charge in [0, 0.05) is 18.1 Å². The normalized spacial score (nSPS) is 11.2. The number of anilines is 1. The van der Waals surface area contributed by atoms with Gasteiger partial charge in [0.15, 0.2) is 0 Å². The fraction of sp³-hybridized carbons (Fsp3) is 0.357. The molecular weight excluding hydrogens is 291 g/mol. The van der Waals surface area contributed by atoms with Crippen LogP contribution in [0.15, 0.2) is 23.8 Å². The first kappa shape index (κ1) is 15.4. The number of rotatable bonds is 5. The number of carbonyl (C=O) groups is 1. The number of nitrogens with one attached hydrogen (secondary N) is 2. The molecule has 0 aliphatic carbocycles. The lowest BCUT2D eigenvalue weighted by Crippen LogP contribution is -2.41. The van der Waals surface area contributed by atoms with Crippen molar-refractivity contribution in [3.63, 3.8) is 0 Å². The molecule has 0 saturated carbocycles. The maximum absolute atomic E-state index is 13.4. The summed E-state index contributed by atoms with van der Waals surface area (Å²) in [6.07, 6.45) is 2.77. The largest absolute Gasteiger partial charge is 0.370 e. The van der Waals surface area contributed by atoms with Crippen LogP contribution < -0.4 is 10.6 Å². The molecule has 0 unspecified atom stereocenters. The van der Waals surface area contributed by atoms with Crippen molar-refractivity contribution < 1.29 is 9.18 Å². The third-order valence-electron chi connectivity index (χ3n) is 2.84. The highest BCUT2D eigenvalue weighted by molar-refractivity contribution is 7.09. The van der Waals surface area contributed by atoms with E-state index in [-0.39, 0.29) is 5.56 Å². The molecule has 7 heteroatoms. The molecule has 5 nitrogen and oxygen atoms in total. The Morgan fingerprint density at radius 2 is 2.19 bits per heavy atom. The number of hydrogen-bond acceptors (Lipinski definition) is 5. The zero-order valence-electron chi connectivity index (χ0n) is 12.1. The summed E-state index contributed by atoms with van der Waals surface area (Å²) in [5.41, 5.74) is -0.456. The first-order chi connectivity index (χ1) is 9.94. The molecule has 0 fully saturated rings. The molecule has 0 saturated heterocycles. The zero-order chi connectivity index (χ0) is 15.5. The summed E-state index contributed by atoms with van der Waals surface area (Å²) in [4.78, 5) is 20.6. The van der Waals surface area contributed by atoms with E-state index in [1.54, 1.807) is 6.20 Å². The Labute approximate surface area is 126 Å². The topological polar surface area (TPSA) is 66.9 Å². The highest BCUT2D eigenvalue weighted by Gasteiger charge is 2.27. The van der Waals surface area contributed by atoms with Crippen molar-refractivity contribution in [3.05, 3.63) is 40.2 Å². The average molecular weight is 308 g/mol. The van der Waals surface area contributed by atoms with E-state index in [0.717, 1.165) is 11.2 Å². The van der Waals surface area contributed by atoms with Crippen molar-refractivity contribution in [1.29, 1.82) is 0 Å². The van der Waals surface area contributed by atoms with Gasteiger partial charge in [0.2, 0.25) is 0 Å². The van der Waals surface area contributed by atoms with Gasteiger partial charge in [0.1, 0.15) is 16.6 Å². The molecule has 2 aromatic heterocycles. The Balaban J connectivity index is 2.26. The van der Waals surface area contributed by atoms with Gasteiger partial charge in [0.25, 0.3) is 5.91 Å². The number of aromatic nitrogens is 2. The third-order valence-corrected chi connectivity index (χ3v) is 3.93. The molecule has 0 aliphatic heterocycles. The van der Waals surface area contributed by atoms with E-state index >= 15 is 0 Å². The molecule has 112 valence electrons. The second kappa shape index (κ2) is 6.17. The molecule has 0 radical (unpaired) electrons. The van der Waals surface area contributed by atoms with Gasteiger partial charge in [0.05, 0.1) is 17.3 Å². The van der Waals surface area contributed by atoms with E-state index in [1.165, 1.54) is 17.4 Å². The number of thiazole rings is 1. The van der Waals surface area contributed by atoms with Gasteiger partial charge in [-0.25, -0.2) is 14.4 Å². The number of carbonyl (C=O) groups excluding carboxylic acids is 1. The summed E-state index contributed by atoms with van der Waals surface area (Å²) in [7, 11) is 0. The van der Waals surface area contributed by atoms with Crippen molar-refractivity contribution in [2.24, 2.45) is 0 Å². The van der Waals surface area contributed by atoms with Gasteiger partial charge < -0.3 is 10.6 Å². The van der Waals surface area contributed by atoms with Crippen molar-refractivity contribution in [3.8, 4) is 0 Å². The van der Waals surface area contributed by atoms with Crippen LogP contribution in [0, 0.1) is 5.82 Å². The van der Waals surface area contributed by atoms with Gasteiger partial charge in [-0.3, -0.25) is 4.79 Å². The number of nitrogens with zero attached hydrogens (tertiary/aromatic N) is 2. The molecular formula is C14H17FN4OS. The third kappa shape index (κ3) is 3.55. The minimum atomic E-state index is -0.638. The van der Waals surface area contributed by atoms with Gasteiger partial charge in [-0.15, -0.1) is 11.3 Å². The van der Waals surface area contributed by atoms with Gasteiger partial charge in [-0.1, -0.05) is 0 Å². The van der Waals surface area contributed by atoms with Crippen molar-refractivity contribution in [1.82, 2.24) is 15.3 Å². The fourth-order valence-corrected chi connectivity index (χ4v) is 2.58. The molecule has 0 aliphatic rings. The monoisotopic (exact) mass is 308 g/mol. The van der Waals surface area contributed by atoms with Crippen molar-refractivity contribution in [2.45, 2.75) is 26.3 Å². The standard InChI is InChI=1S/C14H17FN4OS/c1-4-16-11-10(7-9(15)8-18-11)12(20)19-14(2,3)13-17-5-6-21-13/h5-8H,4H2,1-3H3,(H,16,18)(H,19,20). The Bertz CT molecular complexity index is 628. The van der Waals surface area contributed by atoms with Crippen LogP contribution in [-0.4, -0.2) is 22.4 Å². The highest BCUT2D eigenvalue weighted by Crippen LogP contribution is 2.23. The van der Waals surface area contributed by atoms with Crippen LogP contribution in [0.2, 0.25) is 0 Å². The predicted molar refractivity (Wildman–Crippen MR) is 81.0 cm³/mol. The van der Waals surface area contributed by atoms with Crippen LogP contribution >= 0.6 is 11.3 Å². The number of amides is 1. The first-order valence-electron chi connectivity index (χ1n) is 6.56. The predicted octanol–water partition coefficient (Wildman–Crippen LogP) is 2.77.